The van der Waals surface area contributed by atoms with Gasteiger partial charge in [0.25, 0.3) is 0 Å². The molecule has 52 heavy (non-hydrogen) atoms. The maximum Gasteiger partial charge on any atom is 0.171 e. The quantitative estimate of drug-likeness (QED) is 0.164. The van der Waals surface area contributed by atoms with Crippen molar-refractivity contribution in [2.45, 2.75) is 0 Å². The summed E-state index contributed by atoms with van der Waals surface area (Å²) >= 11 is 0. The molecule has 0 aliphatic rings. The predicted molar refractivity (Wildman–Crippen MR) is 218 cm³/mol. The number of hydrogen-bond donors (Lipinski definition) is 0. The molecule has 0 saturated carbocycles. The SMILES string of the molecule is O=P(c1cccc(-c2ccncc2)c1)(c1cccc(-n2c3ccccc3c3ccccc32)c1)c1cccc(-n2c3ccccc3c3ccccc32)c1. The summed E-state index contributed by atoms with van der Waals surface area (Å²) in [5.41, 5.74) is 8.43. The fourth-order valence-corrected chi connectivity index (χ4v) is 10.7. The molecule has 0 fully saturated rings. The Labute approximate surface area is 301 Å². The molecule has 0 unspecified atom stereocenters. The lowest BCUT2D eigenvalue weighted by molar-refractivity contribution is 0.592. The number of rotatable bonds is 6. The zero-order chi connectivity index (χ0) is 34.6. The fourth-order valence-electron chi connectivity index (χ4n) is 7.93. The van der Waals surface area contributed by atoms with E-state index in [1.807, 2.05) is 48.5 Å². The molecule has 3 aromatic heterocycles. The van der Waals surface area contributed by atoms with Gasteiger partial charge in [-0.15, -0.1) is 0 Å². The van der Waals surface area contributed by atoms with E-state index in [0.717, 1.165) is 60.5 Å². The van der Waals surface area contributed by atoms with Crippen LogP contribution in [0.25, 0.3) is 66.1 Å². The minimum absolute atomic E-state index is 0.776. The lowest BCUT2D eigenvalue weighted by Crippen LogP contribution is -2.26. The van der Waals surface area contributed by atoms with Gasteiger partial charge in [0.05, 0.1) is 22.1 Å². The van der Waals surface area contributed by atoms with Crippen molar-refractivity contribution in [1.82, 2.24) is 14.1 Å². The van der Waals surface area contributed by atoms with Gasteiger partial charge in [-0.1, -0.05) is 115 Å². The van der Waals surface area contributed by atoms with Crippen molar-refractivity contribution in [2.75, 3.05) is 0 Å². The van der Waals surface area contributed by atoms with Gasteiger partial charge in [0.15, 0.2) is 7.14 Å². The largest absolute Gasteiger partial charge is 0.309 e. The number of pyridine rings is 1. The molecule has 0 aliphatic heterocycles. The Kier molecular flexibility index (Phi) is 7.06. The molecular weight excluding hydrogens is 654 g/mol. The molecular formula is C47H32N3OP. The first kappa shape index (κ1) is 30.4. The molecule has 0 N–H and O–H groups in total. The molecule has 0 spiro atoms. The number of nitrogens with zero attached hydrogens (tertiary/aromatic N) is 3. The van der Waals surface area contributed by atoms with E-state index in [2.05, 4.69) is 148 Å². The summed E-state index contributed by atoms with van der Waals surface area (Å²) in [6.07, 6.45) is 3.60. The maximum absolute atomic E-state index is 16.5. The summed E-state index contributed by atoms with van der Waals surface area (Å²) in [5.74, 6) is 0. The molecule has 3 heterocycles. The summed E-state index contributed by atoms with van der Waals surface area (Å²) in [6.45, 7) is 0. The summed E-state index contributed by atoms with van der Waals surface area (Å²) < 4.78 is 21.1. The molecule has 7 aromatic carbocycles. The van der Waals surface area contributed by atoms with Crippen LogP contribution in [0.3, 0.4) is 0 Å². The summed E-state index contributed by atoms with van der Waals surface area (Å²) in [7, 11) is -3.47. The van der Waals surface area contributed by atoms with E-state index in [1.54, 1.807) is 12.4 Å². The molecule has 0 atom stereocenters. The van der Waals surface area contributed by atoms with Crippen LogP contribution in [0.2, 0.25) is 0 Å². The first-order chi connectivity index (χ1) is 25.7. The Morgan fingerprint density at radius 2 is 0.750 bits per heavy atom. The first-order valence-electron chi connectivity index (χ1n) is 17.5. The van der Waals surface area contributed by atoms with Gasteiger partial charge in [0, 0.05) is 61.2 Å². The number of aromatic nitrogens is 3. The van der Waals surface area contributed by atoms with Crippen LogP contribution in [0.15, 0.2) is 194 Å². The number of para-hydroxylation sites is 4. The van der Waals surface area contributed by atoms with Gasteiger partial charge in [-0.2, -0.15) is 0 Å². The third-order valence-corrected chi connectivity index (χ3v) is 13.3. The molecule has 0 aliphatic carbocycles. The van der Waals surface area contributed by atoms with E-state index < -0.39 is 7.14 Å². The number of fused-ring (bicyclic) bond motifs is 6. The van der Waals surface area contributed by atoms with Gasteiger partial charge >= 0.3 is 0 Å². The van der Waals surface area contributed by atoms with Gasteiger partial charge in [-0.05, 0) is 77.9 Å². The Balaban J connectivity index is 1.23. The summed E-state index contributed by atoms with van der Waals surface area (Å²) in [5, 5.41) is 7.09. The highest BCUT2D eigenvalue weighted by molar-refractivity contribution is 7.85. The van der Waals surface area contributed by atoms with Crippen LogP contribution < -0.4 is 15.9 Å². The van der Waals surface area contributed by atoms with Gasteiger partial charge in [0.2, 0.25) is 0 Å². The number of benzene rings is 7. The minimum atomic E-state index is -3.47. The third kappa shape index (κ3) is 4.69. The highest BCUT2D eigenvalue weighted by Gasteiger charge is 2.31. The number of hydrogen-bond acceptors (Lipinski definition) is 2. The van der Waals surface area contributed by atoms with E-state index in [9.17, 15) is 0 Å². The Hall–Kier alpha value is -6.48. The standard InChI is InChI=1S/C47H32N3OP/c51-52(37-15-9-12-34(30-37)33-26-28-48-29-27-33,38-16-10-13-35(31-38)49-44-22-5-1-18-40(44)41-19-2-6-23-45(41)49)39-17-11-14-36(32-39)50-46-24-7-3-20-42(46)43-21-4-8-25-47(43)50/h1-32H. The average molecular weight is 686 g/mol. The Morgan fingerprint density at radius 3 is 1.19 bits per heavy atom. The van der Waals surface area contributed by atoms with Crippen LogP contribution in [0.5, 0.6) is 0 Å². The van der Waals surface area contributed by atoms with Gasteiger partial charge < -0.3 is 13.7 Å². The van der Waals surface area contributed by atoms with E-state index in [1.165, 1.54) is 21.5 Å². The lowest BCUT2D eigenvalue weighted by atomic mass is 10.1. The Morgan fingerprint density at radius 1 is 0.365 bits per heavy atom. The average Bonchev–Trinajstić information content (AvgIpc) is 3.74. The van der Waals surface area contributed by atoms with Crippen LogP contribution >= 0.6 is 7.14 Å². The first-order valence-corrected chi connectivity index (χ1v) is 19.2. The van der Waals surface area contributed by atoms with Gasteiger partial charge in [-0.3, -0.25) is 4.98 Å². The molecule has 5 heteroatoms. The summed E-state index contributed by atoms with van der Waals surface area (Å²) in [4.78, 5) is 4.23. The molecule has 10 aromatic rings. The third-order valence-electron chi connectivity index (χ3n) is 10.3. The summed E-state index contributed by atoms with van der Waals surface area (Å²) in [6, 6.07) is 62.9. The second kappa shape index (κ2) is 12.1. The van der Waals surface area contributed by atoms with E-state index in [4.69, 9.17) is 0 Å². The monoisotopic (exact) mass is 685 g/mol. The maximum atomic E-state index is 16.5. The second-order valence-electron chi connectivity index (χ2n) is 13.2. The van der Waals surface area contributed by atoms with Crippen molar-refractivity contribution in [3.8, 4) is 22.5 Å². The van der Waals surface area contributed by atoms with Crippen LogP contribution in [-0.4, -0.2) is 14.1 Å². The second-order valence-corrected chi connectivity index (χ2v) is 15.9. The zero-order valence-electron chi connectivity index (χ0n) is 28.2. The van der Waals surface area contributed by atoms with Crippen molar-refractivity contribution in [3.05, 3.63) is 194 Å². The lowest BCUT2D eigenvalue weighted by Gasteiger charge is -2.23. The van der Waals surface area contributed by atoms with Crippen LogP contribution in [0.4, 0.5) is 0 Å². The molecule has 0 bridgehead atoms. The van der Waals surface area contributed by atoms with Crippen molar-refractivity contribution in [3.63, 3.8) is 0 Å². The molecule has 10 rings (SSSR count). The van der Waals surface area contributed by atoms with Gasteiger partial charge in [-0.25, -0.2) is 0 Å². The molecule has 0 saturated heterocycles. The molecule has 0 radical (unpaired) electrons. The van der Waals surface area contributed by atoms with E-state index in [-0.39, 0.29) is 0 Å². The van der Waals surface area contributed by atoms with Gasteiger partial charge in [0.1, 0.15) is 0 Å². The fraction of sp³-hybridized carbons (Fsp3) is 0. The highest BCUT2D eigenvalue weighted by atomic mass is 31.2. The topological polar surface area (TPSA) is 39.8 Å². The van der Waals surface area contributed by atoms with E-state index >= 15 is 4.57 Å². The van der Waals surface area contributed by atoms with Crippen molar-refractivity contribution in [2.24, 2.45) is 0 Å². The van der Waals surface area contributed by atoms with Crippen molar-refractivity contribution >= 4 is 66.7 Å². The zero-order valence-corrected chi connectivity index (χ0v) is 29.1. The van der Waals surface area contributed by atoms with Crippen LogP contribution in [0, 0.1) is 0 Å². The highest BCUT2D eigenvalue weighted by Crippen LogP contribution is 2.45. The molecule has 246 valence electrons. The molecule has 4 nitrogen and oxygen atoms in total. The minimum Gasteiger partial charge on any atom is -0.309 e. The predicted octanol–water partition coefficient (Wildman–Crippen LogP) is 10.6. The Bertz CT molecular complexity index is 2740. The smallest absolute Gasteiger partial charge is 0.171 e. The normalized spacial score (nSPS) is 11.9. The molecule has 0 amide bonds. The van der Waals surface area contributed by atoms with E-state index in [0.29, 0.717) is 0 Å². The van der Waals surface area contributed by atoms with Crippen molar-refractivity contribution < 1.29 is 4.57 Å². The van der Waals surface area contributed by atoms with Crippen LogP contribution in [-0.2, 0) is 4.57 Å². The van der Waals surface area contributed by atoms with Crippen molar-refractivity contribution in [1.29, 1.82) is 0 Å². The van der Waals surface area contributed by atoms with Crippen LogP contribution in [0.1, 0.15) is 0 Å².